The van der Waals surface area contributed by atoms with Crippen LogP contribution in [0.25, 0.3) is 0 Å². The SMILES string of the molecule is Cc1ccc[n+](CCCCS(=O)(=O)O)c1. The third-order valence-corrected chi connectivity index (χ3v) is 2.88. The van der Waals surface area contributed by atoms with Gasteiger partial charge in [-0.3, -0.25) is 4.55 Å². The van der Waals surface area contributed by atoms with E-state index in [2.05, 4.69) is 0 Å². The minimum Gasteiger partial charge on any atom is -0.286 e. The smallest absolute Gasteiger partial charge is 0.264 e. The molecular weight excluding hydrogens is 214 g/mol. The topological polar surface area (TPSA) is 58.2 Å². The molecule has 15 heavy (non-hydrogen) atoms. The summed E-state index contributed by atoms with van der Waals surface area (Å²) in [4.78, 5) is 0. The van der Waals surface area contributed by atoms with Crippen molar-refractivity contribution in [3.8, 4) is 0 Å². The Morgan fingerprint density at radius 3 is 2.73 bits per heavy atom. The van der Waals surface area contributed by atoms with Gasteiger partial charge in [-0.05, 0) is 19.4 Å². The summed E-state index contributed by atoms with van der Waals surface area (Å²) in [5.74, 6) is -0.153. The molecule has 0 unspecified atom stereocenters. The minimum atomic E-state index is -3.80. The molecule has 0 amide bonds. The van der Waals surface area contributed by atoms with Crippen LogP contribution < -0.4 is 4.57 Å². The van der Waals surface area contributed by atoms with Crippen molar-refractivity contribution in [1.29, 1.82) is 0 Å². The van der Waals surface area contributed by atoms with E-state index in [4.69, 9.17) is 4.55 Å². The van der Waals surface area contributed by atoms with Crippen molar-refractivity contribution in [2.75, 3.05) is 5.75 Å². The van der Waals surface area contributed by atoms with Crippen molar-refractivity contribution in [2.24, 2.45) is 0 Å². The van der Waals surface area contributed by atoms with Gasteiger partial charge in [0.25, 0.3) is 10.1 Å². The van der Waals surface area contributed by atoms with Gasteiger partial charge >= 0.3 is 0 Å². The highest BCUT2D eigenvalue weighted by Crippen LogP contribution is 1.95. The van der Waals surface area contributed by atoms with Crippen LogP contribution in [0.15, 0.2) is 24.5 Å². The quantitative estimate of drug-likeness (QED) is 0.465. The Kier molecular flexibility index (Phi) is 4.23. The average Bonchev–Trinajstić information content (AvgIpc) is 2.11. The molecule has 0 atom stereocenters. The van der Waals surface area contributed by atoms with Crippen molar-refractivity contribution in [1.82, 2.24) is 0 Å². The standard InChI is InChI=1S/C10H15NO3S/c1-10-5-4-7-11(9-10)6-2-3-8-15(12,13)14/h4-5,7,9H,2-3,6,8H2,1H3/p+1. The second-order valence-corrected chi connectivity index (χ2v) is 5.18. The van der Waals surface area contributed by atoms with Crippen LogP contribution >= 0.6 is 0 Å². The van der Waals surface area contributed by atoms with Gasteiger partial charge in [-0.15, -0.1) is 0 Å². The summed E-state index contributed by atoms with van der Waals surface area (Å²) in [6.45, 7) is 2.78. The van der Waals surface area contributed by atoms with Gasteiger partial charge in [-0.25, -0.2) is 4.57 Å². The molecule has 0 aliphatic heterocycles. The zero-order valence-corrected chi connectivity index (χ0v) is 9.57. The number of unbranched alkanes of at least 4 members (excludes halogenated alkanes) is 1. The first-order valence-electron chi connectivity index (χ1n) is 4.88. The fraction of sp³-hybridized carbons (Fsp3) is 0.500. The fourth-order valence-electron chi connectivity index (χ4n) is 1.37. The van der Waals surface area contributed by atoms with Gasteiger partial charge in [0.2, 0.25) is 0 Å². The fourth-order valence-corrected chi connectivity index (χ4v) is 1.94. The summed E-state index contributed by atoms with van der Waals surface area (Å²) in [7, 11) is -3.80. The molecule has 5 heteroatoms. The van der Waals surface area contributed by atoms with E-state index in [0.717, 1.165) is 13.0 Å². The summed E-state index contributed by atoms with van der Waals surface area (Å²) in [5.41, 5.74) is 1.17. The van der Waals surface area contributed by atoms with Crippen LogP contribution in [0.5, 0.6) is 0 Å². The number of hydrogen-bond acceptors (Lipinski definition) is 2. The van der Waals surface area contributed by atoms with E-state index >= 15 is 0 Å². The average molecular weight is 230 g/mol. The van der Waals surface area contributed by atoms with Crippen LogP contribution in [-0.4, -0.2) is 18.7 Å². The maximum Gasteiger partial charge on any atom is 0.264 e. The van der Waals surface area contributed by atoms with Gasteiger partial charge in [0.15, 0.2) is 12.4 Å². The maximum absolute atomic E-state index is 10.4. The molecule has 1 rings (SSSR count). The first-order chi connectivity index (χ1) is 6.97. The molecule has 1 aromatic rings. The Labute approximate surface area is 90.3 Å². The molecule has 1 N–H and O–H groups in total. The van der Waals surface area contributed by atoms with Gasteiger partial charge in [0.1, 0.15) is 6.54 Å². The Morgan fingerprint density at radius 1 is 1.40 bits per heavy atom. The molecule has 0 radical (unpaired) electrons. The van der Waals surface area contributed by atoms with Gasteiger partial charge in [0.05, 0.1) is 5.75 Å². The number of aromatic nitrogens is 1. The summed E-state index contributed by atoms with van der Waals surface area (Å²) in [6.07, 6.45) is 5.18. The highest BCUT2D eigenvalue weighted by Gasteiger charge is 2.05. The van der Waals surface area contributed by atoms with Crippen molar-refractivity contribution >= 4 is 10.1 Å². The van der Waals surface area contributed by atoms with E-state index in [9.17, 15) is 8.42 Å². The normalized spacial score (nSPS) is 11.6. The molecule has 0 aromatic carbocycles. The van der Waals surface area contributed by atoms with Crippen LogP contribution in [0.4, 0.5) is 0 Å². The summed E-state index contributed by atoms with van der Waals surface area (Å²) >= 11 is 0. The van der Waals surface area contributed by atoms with Gasteiger partial charge in [0, 0.05) is 18.1 Å². The van der Waals surface area contributed by atoms with Crippen molar-refractivity contribution in [3.05, 3.63) is 30.1 Å². The van der Waals surface area contributed by atoms with Crippen LogP contribution in [0.1, 0.15) is 18.4 Å². The number of pyridine rings is 1. The van der Waals surface area contributed by atoms with E-state index in [1.807, 2.05) is 36.0 Å². The van der Waals surface area contributed by atoms with E-state index in [1.165, 1.54) is 5.56 Å². The van der Waals surface area contributed by atoms with E-state index in [0.29, 0.717) is 6.42 Å². The monoisotopic (exact) mass is 230 g/mol. The second-order valence-electron chi connectivity index (χ2n) is 3.61. The molecule has 1 aromatic heterocycles. The molecule has 0 aliphatic rings. The lowest BCUT2D eigenvalue weighted by Gasteiger charge is -1.97. The molecule has 0 saturated carbocycles. The number of hydrogen-bond donors (Lipinski definition) is 1. The Bertz CT molecular complexity index is 414. The number of nitrogens with zero attached hydrogens (tertiary/aromatic N) is 1. The van der Waals surface area contributed by atoms with Crippen molar-refractivity contribution < 1.29 is 17.5 Å². The highest BCUT2D eigenvalue weighted by atomic mass is 32.2. The van der Waals surface area contributed by atoms with E-state index in [-0.39, 0.29) is 5.75 Å². The lowest BCUT2D eigenvalue weighted by atomic mass is 10.3. The third-order valence-electron chi connectivity index (χ3n) is 2.07. The summed E-state index contributed by atoms with van der Waals surface area (Å²) in [5, 5.41) is 0. The van der Waals surface area contributed by atoms with Gasteiger partial charge < -0.3 is 0 Å². The van der Waals surface area contributed by atoms with Gasteiger partial charge in [-0.1, -0.05) is 0 Å². The Balaban J connectivity index is 2.32. The Morgan fingerprint density at radius 2 is 2.13 bits per heavy atom. The lowest BCUT2D eigenvalue weighted by molar-refractivity contribution is -0.697. The summed E-state index contributed by atoms with van der Waals surface area (Å²) < 4.78 is 31.4. The molecule has 1 heterocycles. The van der Waals surface area contributed by atoms with E-state index in [1.54, 1.807) is 0 Å². The van der Waals surface area contributed by atoms with Crippen LogP contribution in [-0.2, 0) is 16.7 Å². The molecule has 0 aliphatic carbocycles. The van der Waals surface area contributed by atoms with E-state index < -0.39 is 10.1 Å². The summed E-state index contributed by atoms with van der Waals surface area (Å²) in [6, 6.07) is 3.97. The highest BCUT2D eigenvalue weighted by molar-refractivity contribution is 7.85. The molecule has 0 spiro atoms. The first kappa shape index (κ1) is 12.1. The number of aryl methyl sites for hydroxylation is 2. The molecule has 0 bridgehead atoms. The molecule has 84 valence electrons. The van der Waals surface area contributed by atoms with Crippen LogP contribution in [0.2, 0.25) is 0 Å². The van der Waals surface area contributed by atoms with Crippen LogP contribution in [0.3, 0.4) is 0 Å². The molecule has 4 nitrogen and oxygen atoms in total. The largest absolute Gasteiger partial charge is 0.286 e. The third kappa shape index (κ3) is 5.49. The maximum atomic E-state index is 10.4. The molecular formula is C10H16NO3S+. The predicted octanol–water partition coefficient (Wildman–Crippen LogP) is 0.951. The molecule has 0 fully saturated rings. The zero-order chi connectivity index (χ0) is 11.3. The minimum absolute atomic E-state index is 0.153. The van der Waals surface area contributed by atoms with Crippen molar-refractivity contribution in [2.45, 2.75) is 26.3 Å². The van der Waals surface area contributed by atoms with Gasteiger partial charge in [-0.2, -0.15) is 8.42 Å². The van der Waals surface area contributed by atoms with Crippen molar-refractivity contribution in [3.63, 3.8) is 0 Å². The lowest BCUT2D eigenvalue weighted by Crippen LogP contribution is -2.33. The first-order valence-corrected chi connectivity index (χ1v) is 6.49. The number of rotatable bonds is 5. The van der Waals surface area contributed by atoms with Crippen LogP contribution in [0, 0.1) is 6.92 Å². The zero-order valence-electron chi connectivity index (χ0n) is 8.76. The predicted molar refractivity (Wildman–Crippen MR) is 57.0 cm³/mol. The molecule has 0 saturated heterocycles. The Hall–Kier alpha value is -0.940. The second kappa shape index (κ2) is 5.23.